The van der Waals surface area contributed by atoms with Gasteiger partial charge in [0.15, 0.2) is 5.16 Å². The second-order valence-electron chi connectivity index (χ2n) is 7.46. The molecule has 0 bridgehead atoms. The fourth-order valence-electron chi connectivity index (χ4n) is 3.59. The molecule has 28 heavy (non-hydrogen) atoms. The lowest BCUT2D eigenvalue weighted by Gasteiger charge is -2.18. The molecule has 2 aromatic heterocycles. The normalized spacial score (nSPS) is 18.6. The Bertz CT molecular complexity index is 885. The van der Waals surface area contributed by atoms with Crippen LogP contribution in [0, 0.1) is 5.92 Å². The van der Waals surface area contributed by atoms with Crippen molar-refractivity contribution in [2.24, 2.45) is 5.92 Å². The second-order valence-corrected chi connectivity index (χ2v) is 9.51. The minimum Gasteiger partial charge on any atom is -0.462 e. The van der Waals surface area contributed by atoms with E-state index in [4.69, 9.17) is 4.74 Å². The summed E-state index contributed by atoms with van der Waals surface area (Å²) < 4.78 is 7.41. The highest BCUT2D eigenvalue weighted by molar-refractivity contribution is 7.99. The quantitative estimate of drug-likeness (QED) is 0.535. The number of imidazole rings is 1. The first kappa shape index (κ1) is 19.5. The Hall–Kier alpha value is -1.80. The van der Waals surface area contributed by atoms with Crippen LogP contribution in [0.3, 0.4) is 0 Å². The van der Waals surface area contributed by atoms with Gasteiger partial charge >= 0.3 is 5.97 Å². The van der Waals surface area contributed by atoms with Gasteiger partial charge in [-0.1, -0.05) is 18.7 Å². The molecule has 1 unspecified atom stereocenters. The van der Waals surface area contributed by atoms with Gasteiger partial charge in [0.2, 0.25) is 5.91 Å². The van der Waals surface area contributed by atoms with Crippen LogP contribution in [0.5, 0.6) is 0 Å². The second kappa shape index (κ2) is 8.29. The minimum absolute atomic E-state index is 0.118. The van der Waals surface area contributed by atoms with Crippen molar-refractivity contribution >= 4 is 40.0 Å². The Morgan fingerprint density at radius 2 is 2.21 bits per heavy atom. The van der Waals surface area contributed by atoms with E-state index in [1.165, 1.54) is 40.8 Å². The number of hydrogen-bond acceptors (Lipinski definition) is 6. The molecule has 1 saturated carbocycles. The zero-order chi connectivity index (χ0) is 19.7. The number of fused-ring (bicyclic) bond motifs is 1. The molecule has 2 aromatic rings. The molecule has 2 aliphatic carbocycles. The van der Waals surface area contributed by atoms with E-state index in [0.717, 1.165) is 30.0 Å². The highest BCUT2D eigenvalue weighted by atomic mass is 32.2. The van der Waals surface area contributed by atoms with Crippen LogP contribution in [0.25, 0.3) is 0 Å². The first-order valence-corrected chi connectivity index (χ1v) is 11.6. The molecule has 1 amide bonds. The molecular weight excluding hydrogens is 394 g/mol. The number of anilines is 1. The Kier molecular flexibility index (Phi) is 5.78. The molecule has 4 rings (SSSR count). The van der Waals surface area contributed by atoms with Crippen molar-refractivity contribution in [3.63, 3.8) is 0 Å². The zero-order valence-electron chi connectivity index (χ0n) is 16.2. The van der Waals surface area contributed by atoms with E-state index in [1.54, 1.807) is 13.1 Å². The van der Waals surface area contributed by atoms with Gasteiger partial charge in [-0.05, 0) is 50.5 Å². The zero-order valence-corrected chi connectivity index (χ0v) is 17.8. The third-order valence-corrected chi connectivity index (χ3v) is 7.30. The van der Waals surface area contributed by atoms with Gasteiger partial charge in [0.25, 0.3) is 0 Å². The van der Waals surface area contributed by atoms with E-state index >= 15 is 0 Å². The maximum Gasteiger partial charge on any atom is 0.341 e. The third-order valence-electron chi connectivity index (χ3n) is 5.15. The molecule has 150 valence electrons. The predicted octanol–water partition coefficient (Wildman–Crippen LogP) is 4.31. The number of carbonyl (C=O) groups excluding carboxylic acids is 2. The number of hydrogen-bond donors (Lipinski definition) is 1. The Balaban J connectivity index is 1.47. The first-order chi connectivity index (χ1) is 13.6. The number of thioether (sulfide) groups is 1. The SMILES string of the molecule is CCOC(=O)c1c(NC(=O)CSc2nccn2C2CC2)sc2c1CCC(C)C2. The molecule has 2 heterocycles. The largest absolute Gasteiger partial charge is 0.462 e. The van der Waals surface area contributed by atoms with Gasteiger partial charge < -0.3 is 14.6 Å². The molecule has 0 spiro atoms. The maximum absolute atomic E-state index is 12.6. The monoisotopic (exact) mass is 419 g/mol. The highest BCUT2D eigenvalue weighted by Crippen LogP contribution is 2.40. The van der Waals surface area contributed by atoms with Crippen LogP contribution in [0.2, 0.25) is 0 Å². The van der Waals surface area contributed by atoms with Gasteiger partial charge in [0.05, 0.1) is 17.9 Å². The maximum atomic E-state index is 12.6. The van der Waals surface area contributed by atoms with Gasteiger partial charge in [-0.25, -0.2) is 9.78 Å². The first-order valence-electron chi connectivity index (χ1n) is 9.84. The van der Waals surface area contributed by atoms with Crippen molar-refractivity contribution in [3.8, 4) is 0 Å². The predicted molar refractivity (Wildman–Crippen MR) is 111 cm³/mol. The third kappa shape index (κ3) is 4.12. The Labute approximate surface area is 173 Å². The molecule has 6 nitrogen and oxygen atoms in total. The van der Waals surface area contributed by atoms with Crippen molar-refractivity contribution in [2.45, 2.75) is 57.1 Å². The van der Waals surface area contributed by atoms with Crippen molar-refractivity contribution < 1.29 is 14.3 Å². The number of amides is 1. The summed E-state index contributed by atoms with van der Waals surface area (Å²) in [7, 11) is 0. The average molecular weight is 420 g/mol. The van der Waals surface area contributed by atoms with Crippen LogP contribution in [0.1, 0.15) is 60.0 Å². The Morgan fingerprint density at radius 1 is 1.39 bits per heavy atom. The summed E-state index contributed by atoms with van der Waals surface area (Å²) in [6.45, 7) is 4.35. The van der Waals surface area contributed by atoms with E-state index in [9.17, 15) is 9.59 Å². The van der Waals surface area contributed by atoms with Crippen LogP contribution >= 0.6 is 23.1 Å². The number of ether oxygens (including phenoxy) is 1. The topological polar surface area (TPSA) is 73.2 Å². The molecular formula is C20H25N3O3S2. The molecule has 1 atom stereocenters. The smallest absolute Gasteiger partial charge is 0.341 e. The summed E-state index contributed by atoms with van der Waals surface area (Å²) in [5.74, 6) is 0.418. The Morgan fingerprint density at radius 3 is 2.96 bits per heavy atom. The number of nitrogens with zero attached hydrogens (tertiary/aromatic N) is 2. The standard InChI is InChI=1S/C20H25N3O3S2/c1-3-26-19(25)17-14-7-4-12(2)10-15(14)28-18(17)22-16(24)11-27-20-21-8-9-23(20)13-5-6-13/h8-9,12-13H,3-7,10-11H2,1-2H3,(H,22,24). The van der Waals surface area contributed by atoms with Gasteiger partial charge in [-0.3, -0.25) is 4.79 Å². The van der Waals surface area contributed by atoms with E-state index < -0.39 is 0 Å². The van der Waals surface area contributed by atoms with Crippen molar-refractivity contribution in [3.05, 3.63) is 28.4 Å². The van der Waals surface area contributed by atoms with Gasteiger partial charge in [0.1, 0.15) is 5.00 Å². The average Bonchev–Trinajstić information content (AvgIpc) is 3.29. The summed E-state index contributed by atoms with van der Waals surface area (Å²) in [6, 6.07) is 0.537. The molecule has 0 saturated heterocycles. The number of nitrogens with one attached hydrogen (secondary N) is 1. The lowest BCUT2D eigenvalue weighted by molar-refractivity contribution is -0.113. The minimum atomic E-state index is -0.332. The molecule has 8 heteroatoms. The molecule has 0 aliphatic heterocycles. The summed E-state index contributed by atoms with van der Waals surface area (Å²) >= 11 is 2.96. The van der Waals surface area contributed by atoms with Crippen molar-refractivity contribution in [1.29, 1.82) is 0 Å². The summed E-state index contributed by atoms with van der Waals surface area (Å²) in [5, 5.41) is 4.48. The van der Waals surface area contributed by atoms with Gasteiger partial charge in [-0.15, -0.1) is 11.3 Å². The van der Waals surface area contributed by atoms with Crippen LogP contribution in [0.4, 0.5) is 5.00 Å². The lowest BCUT2D eigenvalue weighted by Crippen LogP contribution is -2.18. The fourth-order valence-corrected chi connectivity index (χ4v) is 5.83. The van der Waals surface area contributed by atoms with Crippen LogP contribution in [0.15, 0.2) is 17.6 Å². The molecule has 2 aliphatic rings. The van der Waals surface area contributed by atoms with Crippen LogP contribution < -0.4 is 5.32 Å². The molecule has 0 radical (unpaired) electrons. The van der Waals surface area contributed by atoms with Crippen LogP contribution in [-0.4, -0.2) is 33.8 Å². The number of carbonyl (C=O) groups is 2. The number of aromatic nitrogens is 2. The van der Waals surface area contributed by atoms with E-state index in [-0.39, 0.29) is 17.6 Å². The molecule has 1 fully saturated rings. The van der Waals surface area contributed by atoms with Gasteiger partial charge in [-0.2, -0.15) is 0 Å². The van der Waals surface area contributed by atoms with Gasteiger partial charge in [0, 0.05) is 23.3 Å². The molecule has 1 N–H and O–H groups in total. The fraction of sp³-hybridized carbons (Fsp3) is 0.550. The number of esters is 1. The van der Waals surface area contributed by atoms with E-state index in [2.05, 4.69) is 21.8 Å². The van der Waals surface area contributed by atoms with E-state index in [0.29, 0.717) is 29.1 Å². The summed E-state index contributed by atoms with van der Waals surface area (Å²) in [4.78, 5) is 30.7. The highest BCUT2D eigenvalue weighted by Gasteiger charge is 2.29. The van der Waals surface area contributed by atoms with Crippen molar-refractivity contribution in [1.82, 2.24) is 9.55 Å². The van der Waals surface area contributed by atoms with E-state index in [1.807, 2.05) is 6.20 Å². The van der Waals surface area contributed by atoms with Crippen LogP contribution in [-0.2, 0) is 22.4 Å². The molecule has 0 aromatic carbocycles. The lowest BCUT2D eigenvalue weighted by atomic mass is 9.88. The number of rotatable bonds is 7. The summed E-state index contributed by atoms with van der Waals surface area (Å²) in [6.07, 6.45) is 9.00. The summed E-state index contributed by atoms with van der Waals surface area (Å²) in [5.41, 5.74) is 1.63. The number of thiophene rings is 1. The van der Waals surface area contributed by atoms with Crippen molar-refractivity contribution in [2.75, 3.05) is 17.7 Å².